The molecule has 0 saturated heterocycles. The largest absolute Gasteiger partial charge is 0.496 e. The second-order valence-electron chi connectivity index (χ2n) is 7.10. The first-order valence-corrected chi connectivity index (χ1v) is 10.4. The van der Waals surface area contributed by atoms with Gasteiger partial charge in [-0.25, -0.2) is 4.98 Å². The van der Waals surface area contributed by atoms with Crippen LogP contribution in [0, 0.1) is 6.92 Å². The minimum Gasteiger partial charge on any atom is -0.496 e. The van der Waals surface area contributed by atoms with E-state index in [9.17, 15) is 4.79 Å². The van der Waals surface area contributed by atoms with Crippen LogP contribution in [-0.2, 0) is 11.2 Å². The van der Waals surface area contributed by atoms with E-state index in [1.165, 1.54) is 0 Å². The average molecular weight is 420 g/mol. The Kier molecular flexibility index (Phi) is 7.43. The van der Waals surface area contributed by atoms with Crippen LogP contribution in [0.1, 0.15) is 25.1 Å². The summed E-state index contributed by atoms with van der Waals surface area (Å²) in [6, 6.07) is 17.0. The van der Waals surface area contributed by atoms with Gasteiger partial charge in [0.1, 0.15) is 11.6 Å². The monoisotopic (exact) mass is 419 g/mol. The molecule has 0 aliphatic heterocycles. The van der Waals surface area contributed by atoms with Crippen LogP contribution >= 0.6 is 0 Å². The number of anilines is 4. The van der Waals surface area contributed by atoms with Crippen LogP contribution in [0.5, 0.6) is 5.75 Å². The molecule has 3 aromatic rings. The van der Waals surface area contributed by atoms with Crippen molar-refractivity contribution in [3.8, 4) is 5.75 Å². The summed E-state index contributed by atoms with van der Waals surface area (Å²) in [5, 5.41) is 6.17. The first-order chi connectivity index (χ1) is 15.0. The minimum atomic E-state index is -0.101. The maximum Gasteiger partial charge on any atom is 0.229 e. The average Bonchev–Trinajstić information content (AvgIpc) is 2.76. The van der Waals surface area contributed by atoms with Gasteiger partial charge in [-0.15, -0.1) is 0 Å². The lowest BCUT2D eigenvalue weighted by Crippen LogP contribution is -2.23. The normalized spacial score (nSPS) is 10.5. The van der Waals surface area contributed by atoms with Crippen LogP contribution in [0.25, 0.3) is 0 Å². The summed E-state index contributed by atoms with van der Waals surface area (Å²) in [4.78, 5) is 23.7. The number of rotatable bonds is 9. The second kappa shape index (κ2) is 10.4. The smallest absolute Gasteiger partial charge is 0.229 e. The Morgan fingerprint density at radius 1 is 1.00 bits per heavy atom. The molecule has 2 N–H and O–H groups in total. The predicted molar refractivity (Wildman–Crippen MR) is 125 cm³/mol. The van der Waals surface area contributed by atoms with Crippen LogP contribution in [0.4, 0.5) is 23.1 Å². The number of ether oxygens (including phenoxy) is 1. The fourth-order valence-electron chi connectivity index (χ4n) is 3.31. The van der Waals surface area contributed by atoms with Gasteiger partial charge in [0.25, 0.3) is 0 Å². The molecule has 3 rings (SSSR count). The van der Waals surface area contributed by atoms with Gasteiger partial charge in [-0.05, 0) is 51.1 Å². The van der Waals surface area contributed by atoms with Crippen molar-refractivity contribution in [2.75, 3.05) is 35.7 Å². The number of carbonyl (C=O) groups is 1. The van der Waals surface area contributed by atoms with E-state index in [1.54, 1.807) is 7.11 Å². The van der Waals surface area contributed by atoms with E-state index < -0.39 is 0 Å². The number of hydrogen-bond acceptors (Lipinski definition) is 6. The fourth-order valence-corrected chi connectivity index (χ4v) is 3.31. The second-order valence-corrected chi connectivity index (χ2v) is 7.10. The summed E-state index contributed by atoms with van der Waals surface area (Å²) in [7, 11) is 1.60. The zero-order chi connectivity index (χ0) is 22.2. The number of methoxy groups -OCH3 is 1. The number of para-hydroxylation sites is 1. The highest BCUT2D eigenvalue weighted by Gasteiger charge is 2.10. The molecule has 0 bridgehead atoms. The van der Waals surface area contributed by atoms with Gasteiger partial charge in [0.2, 0.25) is 11.9 Å². The van der Waals surface area contributed by atoms with Gasteiger partial charge in [0.05, 0.1) is 13.5 Å². The molecule has 1 aromatic heterocycles. The summed E-state index contributed by atoms with van der Waals surface area (Å²) >= 11 is 0. The zero-order valence-corrected chi connectivity index (χ0v) is 18.5. The molecule has 0 atom stereocenters. The highest BCUT2D eigenvalue weighted by molar-refractivity contribution is 5.92. The van der Waals surface area contributed by atoms with E-state index in [2.05, 4.69) is 39.3 Å². The van der Waals surface area contributed by atoms with Crippen molar-refractivity contribution in [2.45, 2.75) is 27.2 Å². The zero-order valence-electron chi connectivity index (χ0n) is 18.5. The van der Waals surface area contributed by atoms with Gasteiger partial charge in [-0.3, -0.25) is 4.79 Å². The molecule has 0 aliphatic carbocycles. The van der Waals surface area contributed by atoms with Gasteiger partial charge in [-0.2, -0.15) is 4.98 Å². The van der Waals surface area contributed by atoms with Crippen molar-refractivity contribution in [1.29, 1.82) is 0 Å². The number of carbonyl (C=O) groups excluding carboxylic acids is 1. The van der Waals surface area contributed by atoms with Crippen LogP contribution in [-0.4, -0.2) is 36.1 Å². The van der Waals surface area contributed by atoms with Crippen LogP contribution in [0.3, 0.4) is 0 Å². The number of amides is 1. The molecular weight excluding hydrogens is 390 g/mol. The lowest BCUT2D eigenvalue weighted by atomic mass is 10.1. The minimum absolute atomic E-state index is 0.101. The van der Waals surface area contributed by atoms with Gasteiger partial charge >= 0.3 is 0 Å². The third kappa shape index (κ3) is 5.94. The van der Waals surface area contributed by atoms with E-state index in [4.69, 9.17) is 4.74 Å². The van der Waals surface area contributed by atoms with E-state index in [0.29, 0.717) is 11.7 Å². The van der Waals surface area contributed by atoms with Gasteiger partial charge in [0.15, 0.2) is 0 Å². The van der Waals surface area contributed by atoms with E-state index in [1.807, 2.05) is 61.5 Å². The number of nitrogens with one attached hydrogen (secondary N) is 2. The lowest BCUT2D eigenvalue weighted by Gasteiger charge is -2.20. The lowest BCUT2D eigenvalue weighted by molar-refractivity contribution is -0.115. The fraction of sp³-hybridized carbons (Fsp3) is 0.292. The topological polar surface area (TPSA) is 79.4 Å². The number of benzene rings is 2. The highest BCUT2D eigenvalue weighted by atomic mass is 16.5. The maximum atomic E-state index is 12.4. The number of aryl methyl sites for hydroxylation is 1. The Morgan fingerprint density at radius 3 is 2.35 bits per heavy atom. The predicted octanol–water partition coefficient (Wildman–Crippen LogP) is 4.56. The summed E-state index contributed by atoms with van der Waals surface area (Å²) in [5.74, 6) is 2.06. The molecule has 31 heavy (non-hydrogen) atoms. The molecule has 0 radical (unpaired) electrons. The van der Waals surface area contributed by atoms with Gasteiger partial charge in [-0.1, -0.05) is 18.2 Å². The van der Waals surface area contributed by atoms with Crippen molar-refractivity contribution in [3.05, 3.63) is 65.9 Å². The number of nitrogens with zero attached hydrogens (tertiary/aromatic N) is 3. The molecule has 1 heterocycles. The molecule has 2 aromatic carbocycles. The SMILES string of the molecule is CCN(CC)c1cc(C)nc(Nc2ccc(NC(=O)Cc3ccccc3OC)cc2)n1. The Bertz CT molecular complexity index is 1020. The van der Waals surface area contributed by atoms with Crippen LogP contribution in [0.2, 0.25) is 0 Å². The third-order valence-electron chi connectivity index (χ3n) is 4.90. The van der Waals surface area contributed by atoms with Crippen molar-refractivity contribution < 1.29 is 9.53 Å². The van der Waals surface area contributed by atoms with E-state index >= 15 is 0 Å². The highest BCUT2D eigenvalue weighted by Crippen LogP contribution is 2.21. The number of aromatic nitrogens is 2. The molecule has 0 aliphatic rings. The first-order valence-electron chi connectivity index (χ1n) is 10.4. The molecular formula is C24H29N5O2. The van der Waals surface area contributed by atoms with Crippen molar-refractivity contribution >= 4 is 29.0 Å². The molecule has 0 unspecified atom stereocenters. The molecule has 7 nitrogen and oxygen atoms in total. The summed E-state index contributed by atoms with van der Waals surface area (Å²) in [6.07, 6.45) is 0.245. The Morgan fingerprint density at radius 2 is 1.68 bits per heavy atom. The number of hydrogen-bond donors (Lipinski definition) is 2. The van der Waals surface area contributed by atoms with Crippen LogP contribution in [0.15, 0.2) is 54.6 Å². The maximum absolute atomic E-state index is 12.4. The molecule has 7 heteroatoms. The molecule has 162 valence electrons. The molecule has 0 spiro atoms. The first kappa shape index (κ1) is 22.1. The van der Waals surface area contributed by atoms with Gasteiger partial charge < -0.3 is 20.3 Å². The van der Waals surface area contributed by atoms with Crippen LogP contribution < -0.4 is 20.3 Å². The van der Waals surface area contributed by atoms with Crippen molar-refractivity contribution in [2.24, 2.45) is 0 Å². The standard InChI is InChI=1S/C24H29N5O2/c1-5-29(6-2)22-15-17(3)25-24(28-22)27-20-13-11-19(12-14-20)26-23(30)16-18-9-7-8-10-21(18)31-4/h7-15H,5-6,16H2,1-4H3,(H,26,30)(H,25,27,28). The molecule has 0 saturated carbocycles. The molecule has 1 amide bonds. The van der Waals surface area contributed by atoms with E-state index in [-0.39, 0.29) is 12.3 Å². The van der Waals surface area contributed by atoms with Crippen molar-refractivity contribution in [3.63, 3.8) is 0 Å². The Hall–Kier alpha value is -3.61. The quantitative estimate of drug-likeness (QED) is 0.529. The van der Waals surface area contributed by atoms with Crippen molar-refractivity contribution in [1.82, 2.24) is 9.97 Å². The van der Waals surface area contributed by atoms with Gasteiger partial charge in [0, 0.05) is 41.8 Å². The summed E-state index contributed by atoms with van der Waals surface area (Å²) < 4.78 is 5.31. The third-order valence-corrected chi connectivity index (χ3v) is 4.90. The summed E-state index contributed by atoms with van der Waals surface area (Å²) in [5.41, 5.74) is 3.32. The summed E-state index contributed by atoms with van der Waals surface area (Å²) in [6.45, 7) is 7.94. The Labute approximate surface area is 183 Å². The van der Waals surface area contributed by atoms with E-state index in [0.717, 1.165) is 41.5 Å². The molecule has 0 fully saturated rings. The Balaban J connectivity index is 1.65.